The summed E-state index contributed by atoms with van der Waals surface area (Å²) in [5, 5.41) is 0.302. The van der Waals surface area contributed by atoms with Gasteiger partial charge in [0.25, 0.3) is 0 Å². The molecule has 0 saturated carbocycles. The number of nitrogens with two attached hydrogens (primary N) is 1. The van der Waals surface area contributed by atoms with Crippen LogP contribution in [0.4, 0.5) is 10.3 Å². The van der Waals surface area contributed by atoms with Crippen molar-refractivity contribution in [1.82, 2.24) is 9.55 Å². The minimum Gasteiger partial charge on any atom is -0.369 e. The normalized spacial score (nSPS) is 10.8. The van der Waals surface area contributed by atoms with Crippen LogP contribution in [0, 0.1) is 5.82 Å². The molecule has 84 valence electrons. The van der Waals surface area contributed by atoms with Gasteiger partial charge in [-0.2, -0.15) is 0 Å². The molecule has 0 spiro atoms. The molecule has 1 heterocycles. The third kappa shape index (κ3) is 1.74. The molecule has 0 saturated heterocycles. The predicted molar refractivity (Wildman–Crippen MR) is 63.0 cm³/mol. The second kappa shape index (κ2) is 3.96. The molecule has 0 fully saturated rings. The van der Waals surface area contributed by atoms with E-state index in [1.54, 1.807) is 17.7 Å². The summed E-state index contributed by atoms with van der Waals surface area (Å²) >= 11 is 11.6. The van der Waals surface area contributed by atoms with Crippen molar-refractivity contribution in [2.45, 2.75) is 0 Å². The fraction of sp³-hybridized carbons (Fsp3) is 0.100. The Morgan fingerprint density at radius 1 is 1.38 bits per heavy atom. The lowest BCUT2D eigenvalue weighted by atomic mass is 10.1. The maximum Gasteiger partial charge on any atom is 0.201 e. The van der Waals surface area contributed by atoms with Gasteiger partial charge in [0.05, 0.1) is 10.7 Å². The minimum atomic E-state index is -0.475. The summed E-state index contributed by atoms with van der Waals surface area (Å²) in [6, 6.07) is 4.33. The number of nitrogens with zero attached hydrogens (tertiary/aromatic N) is 2. The zero-order valence-corrected chi connectivity index (χ0v) is 9.85. The van der Waals surface area contributed by atoms with E-state index in [4.69, 9.17) is 28.9 Å². The number of benzene rings is 1. The molecule has 0 atom stereocenters. The van der Waals surface area contributed by atoms with Crippen LogP contribution in [0.15, 0.2) is 18.2 Å². The van der Waals surface area contributed by atoms with Gasteiger partial charge in [-0.05, 0) is 18.2 Å². The van der Waals surface area contributed by atoms with Gasteiger partial charge in [-0.15, -0.1) is 0 Å². The van der Waals surface area contributed by atoms with E-state index >= 15 is 0 Å². The molecular weight excluding hydrogens is 252 g/mol. The Kier molecular flexibility index (Phi) is 2.78. The summed E-state index contributed by atoms with van der Waals surface area (Å²) in [5.74, 6) is -0.183. The standard InChI is InChI=1S/C10H8Cl2FN3/c1-16-8(9(12)15-10(16)14)5-2-3-7(13)6(11)4-5/h2-4H,1H3,(H2,14,15). The van der Waals surface area contributed by atoms with Crippen molar-refractivity contribution in [2.75, 3.05) is 5.73 Å². The zero-order valence-electron chi connectivity index (χ0n) is 8.34. The molecule has 0 unspecified atom stereocenters. The van der Waals surface area contributed by atoms with E-state index in [0.717, 1.165) is 0 Å². The van der Waals surface area contributed by atoms with Crippen molar-refractivity contribution < 1.29 is 4.39 Å². The fourth-order valence-electron chi connectivity index (χ4n) is 1.44. The maximum absolute atomic E-state index is 13.0. The molecule has 0 aliphatic rings. The molecule has 6 heteroatoms. The minimum absolute atomic E-state index is 0.0355. The van der Waals surface area contributed by atoms with Crippen LogP contribution in [-0.4, -0.2) is 9.55 Å². The predicted octanol–water partition coefficient (Wildman–Crippen LogP) is 3.12. The van der Waals surface area contributed by atoms with Gasteiger partial charge in [-0.3, -0.25) is 0 Å². The van der Waals surface area contributed by atoms with Crippen molar-refractivity contribution in [1.29, 1.82) is 0 Å². The van der Waals surface area contributed by atoms with Gasteiger partial charge >= 0.3 is 0 Å². The molecule has 2 rings (SSSR count). The molecule has 0 bridgehead atoms. The van der Waals surface area contributed by atoms with E-state index in [2.05, 4.69) is 4.98 Å². The van der Waals surface area contributed by atoms with Crippen molar-refractivity contribution >= 4 is 29.2 Å². The zero-order chi connectivity index (χ0) is 11.9. The SMILES string of the molecule is Cn1c(N)nc(Cl)c1-c1ccc(F)c(Cl)c1. The molecule has 1 aromatic carbocycles. The van der Waals surface area contributed by atoms with Gasteiger partial charge < -0.3 is 10.3 Å². The number of anilines is 1. The summed E-state index contributed by atoms with van der Waals surface area (Å²) < 4.78 is 14.6. The number of halogens is 3. The highest BCUT2D eigenvalue weighted by Crippen LogP contribution is 2.31. The topological polar surface area (TPSA) is 43.8 Å². The Morgan fingerprint density at radius 2 is 2.06 bits per heavy atom. The lowest BCUT2D eigenvalue weighted by Crippen LogP contribution is -1.98. The van der Waals surface area contributed by atoms with E-state index in [-0.39, 0.29) is 10.2 Å². The Hall–Kier alpha value is -1.26. The first-order valence-electron chi connectivity index (χ1n) is 4.44. The van der Waals surface area contributed by atoms with E-state index in [1.807, 2.05) is 0 Å². The summed E-state index contributed by atoms with van der Waals surface area (Å²) in [5.41, 5.74) is 6.89. The Balaban J connectivity index is 2.63. The maximum atomic E-state index is 13.0. The third-order valence-electron chi connectivity index (χ3n) is 2.28. The molecule has 0 aliphatic carbocycles. The first-order chi connectivity index (χ1) is 7.50. The molecule has 2 aromatic rings. The van der Waals surface area contributed by atoms with Crippen molar-refractivity contribution in [3.63, 3.8) is 0 Å². The van der Waals surface area contributed by atoms with Gasteiger partial charge in [0, 0.05) is 12.6 Å². The van der Waals surface area contributed by atoms with Crippen LogP contribution < -0.4 is 5.73 Å². The third-order valence-corrected chi connectivity index (χ3v) is 2.83. The van der Waals surface area contributed by atoms with Crippen LogP contribution >= 0.6 is 23.2 Å². The van der Waals surface area contributed by atoms with Gasteiger partial charge in [0.2, 0.25) is 5.95 Å². The lowest BCUT2D eigenvalue weighted by molar-refractivity contribution is 0.628. The number of imidazole rings is 1. The Morgan fingerprint density at radius 3 is 2.56 bits per heavy atom. The average molecular weight is 260 g/mol. The first kappa shape index (κ1) is 11.2. The number of rotatable bonds is 1. The molecular formula is C10H8Cl2FN3. The highest BCUT2D eigenvalue weighted by Gasteiger charge is 2.14. The Labute approximate surface area is 102 Å². The van der Waals surface area contributed by atoms with Crippen molar-refractivity contribution in [2.24, 2.45) is 7.05 Å². The molecule has 0 amide bonds. The molecule has 3 nitrogen and oxygen atoms in total. The van der Waals surface area contributed by atoms with Crippen LogP contribution in [0.5, 0.6) is 0 Å². The number of aromatic nitrogens is 2. The smallest absolute Gasteiger partial charge is 0.201 e. The Bertz CT molecular complexity index is 551. The van der Waals surface area contributed by atoms with E-state index < -0.39 is 5.82 Å². The van der Waals surface area contributed by atoms with Crippen LogP contribution in [0.1, 0.15) is 0 Å². The monoisotopic (exact) mass is 259 g/mol. The molecule has 16 heavy (non-hydrogen) atoms. The first-order valence-corrected chi connectivity index (χ1v) is 5.19. The molecule has 0 aliphatic heterocycles. The van der Waals surface area contributed by atoms with Crippen LogP contribution in [0.25, 0.3) is 11.3 Å². The number of nitrogen functional groups attached to an aromatic ring is 1. The summed E-state index contributed by atoms with van der Waals surface area (Å²) in [4.78, 5) is 3.91. The molecule has 2 N–H and O–H groups in total. The largest absolute Gasteiger partial charge is 0.369 e. The summed E-state index contributed by atoms with van der Waals surface area (Å²) in [6.45, 7) is 0. The van der Waals surface area contributed by atoms with E-state index in [9.17, 15) is 4.39 Å². The number of hydrogen-bond donors (Lipinski definition) is 1. The van der Waals surface area contributed by atoms with Crippen LogP contribution in [-0.2, 0) is 7.05 Å². The highest BCUT2D eigenvalue weighted by molar-refractivity contribution is 6.33. The fourth-order valence-corrected chi connectivity index (χ4v) is 1.94. The van der Waals surface area contributed by atoms with Gasteiger partial charge in [0.15, 0.2) is 5.15 Å². The van der Waals surface area contributed by atoms with Crippen molar-refractivity contribution in [3.05, 3.63) is 34.2 Å². The summed E-state index contributed by atoms with van der Waals surface area (Å²) in [7, 11) is 1.72. The van der Waals surface area contributed by atoms with Crippen molar-refractivity contribution in [3.8, 4) is 11.3 Å². The second-order valence-electron chi connectivity index (χ2n) is 3.30. The van der Waals surface area contributed by atoms with Gasteiger partial charge in [-0.1, -0.05) is 23.2 Å². The average Bonchev–Trinajstić information content (AvgIpc) is 2.47. The van der Waals surface area contributed by atoms with Crippen LogP contribution in [0.3, 0.4) is 0 Å². The van der Waals surface area contributed by atoms with Crippen LogP contribution in [0.2, 0.25) is 10.2 Å². The lowest BCUT2D eigenvalue weighted by Gasteiger charge is -2.05. The molecule has 1 aromatic heterocycles. The summed E-state index contributed by atoms with van der Waals surface area (Å²) in [6.07, 6.45) is 0. The quantitative estimate of drug-likeness (QED) is 0.856. The number of hydrogen-bond acceptors (Lipinski definition) is 2. The van der Waals surface area contributed by atoms with E-state index in [0.29, 0.717) is 17.2 Å². The second-order valence-corrected chi connectivity index (χ2v) is 4.06. The van der Waals surface area contributed by atoms with Gasteiger partial charge in [-0.25, -0.2) is 9.37 Å². The van der Waals surface area contributed by atoms with E-state index in [1.165, 1.54) is 12.1 Å². The highest BCUT2D eigenvalue weighted by atomic mass is 35.5. The molecule has 0 radical (unpaired) electrons. The van der Waals surface area contributed by atoms with Gasteiger partial charge in [0.1, 0.15) is 5.82 Å².